The summed E-state index contributed by atoms with van der Waals surface area (Å²) >= 11 is 0. The van der Waals surface area contributed by atoms with Crippen molar-refractivity contribution in [1.29, 1.82) is 0 Å². The highest BCUT2D eigenvalue weighted by Crippen LogP contribution is 2.37. The molecule has 1 fully saturated rings. The third-order valence-electron chi connectivity index (χ3n) is 6.69. The van der Waals surface area contributed by atoms with Crippen LogP contribution in [0.3, 0.4) is 0 Å². The van der Waals surface area contributed by atoms with E-state index in [0.717, 1.165) is 5.46 Å². The molecule has 0 N–H and O–H groups in total. The van der Waals surface area contributed by atoms with Crippen molar-refractivity contribution < 1.29 is 9.31 Å². The molecule has 1 aliphatic heterocycles. The molecule has 5 rings (SSSR count). The van der Waals surface area contributed by atoms with E-state index < -0.39 is 0 Å². The minimum absolute atomic E-state index is 0.343. The number of hydrogen-bond donors (Lipinski definition) is 0. The average Bonchev–Trinajstić information content (AvgIpc) is 3.00. The molecule has 1 saturated heterocycles. The van der Waals surface area contributed by atoms with Crippen LogP contribution < -0.4 is 5.46 Å². The Hall–Kier alpha value is -2.88. The molecule has 0 spiro atoms. The van der Waals surface area contributed by atoms with Gasteiger partial charge in [0, 0.05) is 0 Å². The van der Waals surface area contributed by atoms with E-state index in [1.807, 2.05) is 0 Å². The van der Waals surface area contributed by atoms with Crippen molar-refractivity contribution in [1.82, 2.24) is 0 Å². The second-order valence-corrected chi connectivity index (χ2v) is 9.36. The molecule has 0 bridgehead atoms. The molecule has 4 aromatic rings. The lowest BCUT2D eigenvalue weighted by Crippen LogP contribution is -2.41. The first-order valence-electron chi connectivity index (χ1n) is 10.9. The molecule has 0 unspecified atom stereocenters. The van der Waals surface area contributed by atoms with Gasteiger partial charge in [0.15, 0.2) is 0 Å². The van der Waals surface area contributed by atoms with Gasteiger partial charge in [-0.05, 0) is 78.3 Å². The summed E-state index contributed by atoms with van der Waals surface area (Å²) in [7, 11) is -0.352. The summed E-state index contributed by atoms with van der Waals surface area (Å²) in [6.45, 7) is 8.35. The van der Waals surface area contributed by atoms with Gasteiger partial charge in [-0.2, -0.15) is 0 Å². The van der Waals surface area contributed by atoms with Crippen LogP contribution in [0, 0.1) is 0 Å². The molecular weight excluding hydrogens is 379 g/mol. The fraction of sp³-hybridized carbons (Fsp3) is 0.214. The van der Waals surface area contributed by atoms with Gasteiger partial charge in [-0.15, -0.1) is 0 Å². The lowest BCUT2D eigenvalue weighted by atomic mass is 9.78. The third kappa shape index (κ3) is 3.69. The van der Waals surface area contributed by atoms with E-state index >= 15 is 0 Å². The SMILES string of the molecule is CC1(C)OB(c2cccc(-c3ccc4ccc(-c5ccccc5)cc4c3)c2)OC1(C)C. The number of hydrogen-bond acceptors (Lipinski definition) is 2. The molecular formula is C28H27BO2. The highest BCUT2D eigenvalue weighted by atomic mass is 16.7. The van der Waals surface area contributed by atoms with E-state index in [1.54, 1.807) is 0 Å². The molecule has 4 aromatic carbocycles. The maximum Gasteiger partial charge on any atom is 0.494 e. The minimum atomic E-state index is -0.352. The Labute approximate surface area is 185 Å². The summed E-state index contributed by atoms with van der Waals surface area (Å²) in [6, 6.07) is 32.3. The fourth-order valence-corrected chi connectivity index (χ4v) is 4.08. The zero-order chi connectivity index (χ0) is 21.6. The molecule has 1 heterocycles. The van der Waals surface area contributed by atoms with Gasteiger partial charge in [-0.3, -0.25) is 0 Å². The van der Waals surface area contributed by atoms with Gasteiger partial charge in [0.25, 0.3) is 0 Å². The lowest BCUT2D eigenvalue weighted by Gasteiger charge is -2.32. The van der Waals surface area contributed by atoms with Crippen LogP contribution in [-0.4, -0.2) is 18.3 Å². The third-order valence-corrected chi connectivity index (χ3v) is 6.69. The number of fused-ring (bicyclic) bond motifs is 1. The second-order valence-electron chi connectivity index (χ2n) is 9.36. The van der Waals surface area contributed by atoms with Gasteiger partial charge in [0.2, 0.25) is 0 Å². The van der Waals surface area contributed by atoms with Crippen LogP contribution in [0.2, 0.25) is 0 Å². The molecule has 0 aliphatic carbocycles. The Balaban J connectivity index is 1.50. The minimum Gasteiger partial charge on any atom is -0.399 e. The van der Waals surface area contributed by atoms with Crippen molar-refractivity contribution in [2.75, 3.05) is 0 Å². The van der Waals surface area contributed by atoms with Gasteiger partial charge in [-0.25, -0.2) is 0 Å². The summed E-state index contributed by atoms with van der Waals surface area (Å²) in [5, 5.41) is 2.48. The van der Waals surface area contributed by atoms with Crippen LogP contribution >= 0.6 is 0 Å². The maximum atomic E-state index is 6.25. The molecule has 1 aliphatic rings. The molecule has 0 radical (unpaired) electrons. The van der Waals surface area contributed by atoms with Crippen molar-refractivity contribution in [2.24, 2.45) is 0 Å². The summed E-state index contributed by atoms with van der Waals surface area (Å²) < 4.78 is 12.5. The summed E-state index contributed by atoms with van der Waals surface area (Å²) in [5.74, 6) is 0. The first kappa shape index (κ1) is 20.1. The van der Waals surface area contributed by atoms with Crippen LogP contribution in [0.1, 0.15) is 27.7 Å². The van der Waals surface area contributed by atoms with E-state index in [4.69, 9.17) is 9.31 Å². The highest BCUT2D eigenvalue weighted by molar-refractivity contribution is 6.62. The predicted molar refractivity (Wildman–Crippen MR) is 131 cm³/mol. The average molecular weight is 406 g/mol. The normalized spacial score (nSPS) is 17.2. The molecule has 0 atom stereocenters. The lowest BCUT2D eigenvalue weighted by molar-refractivity contribution is 0.00578. The standard InChI is InChI=1S/C28H27BO2/c1-27(2)28(3,4)31-29(30-27)26-12-8-11-22(19-26)24-16-14-21-13-15-23(17-25(21)18-24)20-9-6-5-7-10-20/h5-19H,1-4H3. The van der Waals surface area contributed by atoms with Gasteiger partial charge in [-0.1, -0.05) is 78.9 Å². The molecule has 31 heavy (non-hydrogen) atoms. The van der Waals surface area contributed by atoms with Crippen molar-refractivity contribution in [3.05, 3.63) is 91.0 Å². The quantitative estimate of drug-likeness (QED) is 0.363. The van der Waals surface area contributed by atoms with E-state index in [9.17, 15) is 0 Å². The topological polar surface area (TPSA) is 18.5 Å². The molecule has 0 amide bonds. The van der Waals surface area contributed by atoms with E-state index in [-0.39, 0.29) is 18.3 Å². The Morgan fingerprint density at radius 3 is 1.71 bits per heavy atom. The Morgan fingerprint density at radius 1 is 0.516 bits per heavy atom. The molecule has 0 aromatic heterocycles. The molecule has 3 heteroatoms. The van der Waals surface area contributed by atoms with Crippen LogP contribution in [0.15, 0.2) is 91.0 Å². The molecule has 0 saturated carbocycles. The van der Waals surface area contributed by atoms with Crippen LogP contribution in [-0.2, 0) is 9.31 Å². The highest BCUT2D eigenvalue weighted by Gasteiger charge is 2.51. The van der Waals surface area contributed by atoms with Crippen LogP contribution in [0.25, 0.3) is 33.0 Å². The Bertz CT molecular complexity index is 1230. The van der Waals surface area contributed by atoms with E-state index in [0.29, 0.717) is 0 Å². The second kappa shape index (κ2) is 7.37. The number of rotatable bonds is 3. The van der Waals surface area contributed by atoms with Gasteiger partial charge < -0.3 is 9.31 Å². The molecule has 2 nitrogen and oxygen atoms in total. The van der Waals surface area contributed by atoms with Gasteiger partial charge in [0.05, 0.1) is 11.2 Å². The smallest absolute Gasteiger partial charge is 0.399 e. The zero-order valence-corrected chi connectivity index (χ0v) is 18.6. The van der Waals surface area contributed by atoms with Crippen molar-refractivity contribution in [3.8, 4) is 22.3 Å². The van der Waals surface area contributed by atoms with Crippen LogP contribution in [0.4, 0.5) is 0 Å². The van der Waals surface area contributed by atoms with Crippen molar-refractivity contribution >= 4 is 23.4 Å². The first-order valence-corrected chi connectivity index (χ1v) is 10.9. The van der Waals surface area contributed by atoms with E-state index in [1.165, 1.54) is 33.0 Å². The predicted octanol–water partition coefficient (Wildman–Crippen LogP) is 6.47. The fourth-order valence-electron chi connectivity index (χ4n) is 4.08. The van der Waals surface area contributed by atoms with E-state index in [2.05, 4.69) is 119 Å². The first-order chi connectivity index (χ1) is 14.8. The van der Waals surface area contributed by atoms with Crippen molar-refractivity contribution in [2.45, 2.75) is 38.9 Å². The Kier molecular flexibility index (Phi) is 4.77. The summed E-state index contributed by atoms with van der Waals surface area (Å²) in [5.41, 5.74) is 5.19. The summed E-state index contributed by atoms with van der Waals surface area (Å²) in [4.78, 5) is 0. The molecule has 154 valence electrons. The Morgan fingerprint density at radius 2 is 1.06 bits per heavy atom. The zero-order valence-electron chi connectivity index (χ0n) is 18.6. The van der Waals surface area contributed by atoms with Gasteiger partial charge in [0.1, 0.15) is 0 Å². The van der Waals surface area contributed by atoms with Crippen molar-refractivity contribution in [3.63, 3.8) is 0 Å². The van der Waals surface area contributed by atoms with Crippen LogP contribution in [0.5, 0.6) is 0 Å². The largest absolute Gasteiger partial charge is 0.494 e. The van der Waals surface area contributed by atoms with Gasteiger partial charge >= 0.3 is 7.12 Å². The maximum absolute atomic E-state index is 6.25. The monoisotopic (exact) mass is 406 g/mol. The summed E-state index contributed by atoms with van der Waals surface area (Å²) in [6.07, 6.45) is 0. The number of benzene rings is 4.